The predicted molar refractivity (Wildman–Crippen MR) is 293 cm³/mol. The first-order valence-corrected chi connectivity index (χ1v) is 25.3. The molecule has 0 saturated heterocycles. The lowest BCUT2D eigenvalue weighted by atomic mass is 9.59. The highest BCUT2D eigenvalue weighted by molar-refractivity contribution is 7.26. The summed E-state index contributed by atoms with van der Waals surface area (Å²) < 4.78 is 12.3. The molecular formula is C63H54BN2OS. The summed E-state index contributed by atoms with van der Waals surface area (Å²) in [6.45, 7) is 21.2. The van der Waals surface area contributed by atoms with Gasteiger partial charge in [-0.05, 0) is 146 Å². The van der Waals surface area contributed by atoms with E-state index in [1.165, 1.54) is 115 Å². The molecule has 2 aliphatic carbocycles. The smallest absolute Gasteiger partial charge is 0.197 e. The summed E-state index contributed by atoms with van der Waals surface area (Å²) >= 11 is 1.89. The number of hydrogen-bond acceptors (Lipinski definition) is 3. The summed E-state index contributed by atoms with van der Waals surface area (Å²) in [4.78, 5) is 0. The standard InChI is InChI=1S/C63H54BN2OS/c1-60(2,3)34-18-20-35(21-19-34)65-51-28-44-43-27-48-49(62(6,7)25-24-61(48,4)5)32-55(43)67-54(44)31-41(51)38-22-23-39-42-26-47-40(36-14-10-12-16-46(36)63(47,8)9)29-52(42)66-53-30-45-37-15-11-13-17-56(37)68-57(45)33-50(53)64-58(38)59(39)66/h10-23,26-33,65H,24-25H2,1-9H3. The summed E-state index contributed by atoms with van der Waals surface area (Å²) in [5.41, 5.74) is 22.3. The molecule has 3 aliphatic rings. The van der Waals surface area contributed by atoms with Gasteiger partial charge in [0, 0.05) is 75.3 Å². The number of fused-ring (bicyclic) bond motifs is 15. The second kappa shape index (κ2) is 13.4. The van der Waals surface area contributed by atoms with Gasteiger partial charge in [0.05, 0.1) is 5.52 Å². The molecule has 0 atom stereocenters. The van der Waals surface area contributed by atoms with Crippen LogP contribution in [0.4, 0.5) is 11.4 Å². The summed E-state index contributed by atoms with van der Waals surface area (Å²) in [6, 6.07) is 51.2. The van der Waals surface area contributed by atoms with Crippen molar-refractivity contribution in [2.45, 2.75) is 96.8 Å². The maximum atomic E-state index is 7.03. The first-order valence-electron chi connectivity index (χ1n) is 24.5. The van der Waals surface area contributed by atoms with Crippen LogP contribution in [0, 0.1) is 0 Å². The molecule has 3 nitrogen and oxygen atoms in total. The van der Waals surface area contributed by atoms with Crippen LogP contribution in [0.25, 0.3) is 91.9 Å². The fourth-order valence-corrected chi connectivity index (χ4v) is 13.7. The van der Waals surface area contributed by atoms with E-state index in [2.05, 4.69) is 213 Å². The minimum absolute atomic E-state index is 0.0587. The molecule has 0 fully saturated rings. The minimum Gasteiger partial charge on any atom is -0.456 e. The van der Waals surface area contributed by atoms with Crippen molar-refractivity contribution in [2.75, 3.05) is 5.32 Å². The Balaban J connectivity index is 1.06. The molecule has 0 unspecified atom stereocenters. The van der Waals surface area contributed by atoms with Crippen LogP contribution in [-0.2, 0) is 21.7 Å². The van der Waals surface area contributed by atoms with Gasteiger partial charge in [-0.15, -0.1) is 11.3 Å². The zero-order chi connectivity index (χ0) is 46.4. The van der Waals surface area contributed by atoms with Crippen LogP contribution >= 0.6 is 11.3 Å². The summed E-state index contributed by atoms with van der Waals surface area (Å²) in [6.07, 6.45) is 2.33. The monoisotopic (exact) mass is 897 g/mol. The number of nitrogens with zero attached hydrogens (tertiary/aromatic N) is 1. The molecule has 1 aliphatic heterocycles. The first kappa shape index (κ1) is 40.5. The quantitative estimate of drug-likeness (QED) is 0.179. The van der Waals surface area contributed by atoms with E-state index in [1.807, 2.05) is 11.3 Å². The lowest BCUT2D eigenvalue weighted by Crippen LogP contribution is -2.37. The largest absolute Gasteiger partial charge is 0.456 e. The van der Waals surface area contributed by atoms with Gasteiger partial charge >= 0.3 is 0 Å². The Bertz CT molecular complexity index is 4030. The number of thiophene rings is 1. The number of anilines is 2. The Labute approximate surface area is 403 Å². The van der Waals surface area contributed by atoms with Crippen molar-refractivity contribution in [3.63, 3.8) is 0 Å². The number of rotatable bonds is 3. The summed E-state index contributed by atoms with van der Waals surface area (Å²) in [7, 11) is 2.48. The average Bonchev–Trinajstić information content (AvgIpc) is 4.02. The second-order valence-corrected chi connectivity index (χ2v) is 24.2. The number of furan rings is 1. The second-order valence-electron chi connectivity index (χ2n) is 23.1. The topological polar surface area (TPSA) is 30.1 Å². The number of nitrogens with one attached hydrogen (secondary N) is 1. The molecule has 8 aromatic carbocycles. The molecule has 14 rings (SSSR count). The third-order valence-electron chi connectivity index (χ3n) is 16.6. The van der Waals surface area contributed by atoms with Gasteiger partial charge in [-0.3, -0.25) is 0 Å². The Morgan fingerprint density at radius 2 is 1.26 bits per heavy atom. The Hall–Kier alpha value is -6.56. The van der Waals surface area contributed by atoms with E-state index in [9.17, 15) is 0 Å². The van der Waals surface area contributed by atoms with E-state index in [0.29, 0.717) is 0 Å². The highest BCUT2D eigenvalue weighted by Gasteiger charge is 2.39. The van der Waals surface area contributed by atoms with E-state index < -0.39 is 0 Å². The van der Waals surface area contributed by atoms with Gasteiger partial charge in [0.2, 0.25) is 0 Å². The highest BCUT2D eigenvalue weighted by Crippen LogP contribution is 2.53. The maximum Gasteiger partial charge on any atom is 0.197 e. The van der Waals surface area contributed by atoms with Gasteiger partial charge in [-0.1, -0.05) is 135 Å². The van der Waals surface area contributed by atoms with Crippen LogP contribution < -0.4 is 16.2 Å². The fraction of sp³-hybridized carbons (Fsp3) is 0.238. The number of benzene rings is 8. The van der Waals surface area contributed by atoms with Crippen molar-refractivity contribution in [1.82, 2.24) is 4.57 Å². The molecule has 331 valence electrons. The zero-order valence-electron chi connectivity index (χ0n) is 40.5. The normalized spacial score (nSPS) is 16.4. The van der Waals surface area contributed by atoms with E-state index in [1.54, 1.807) is 0 Å². The lowest BCUT2D eigenvalue weighted by Gasteiger charge is -2.41. The van der Waals surface area contributed by atoms with Crippen molar-refractivity contribution in [3.05, 3.63) is 161 Å². The van der Waals surface area contributed by atoms with Crippen molar-refractivity contribution in [1.29, 1.82) is 0 Å². The molecular weight excluding hydrogens is 844 g/mol. The maximum absolute atomic E-state index is 7.03. The highest BCUT2D eigenvalue weighted by atomic mass is 32.1. The SMILES string of the molecule is CC(C)(C)c1ccc(Nc2cc3c(cc2-c2ccc4c5cc6c(cc5n5c4c2[B]c2cc4sc7ccccc7c4cc2-5)-c2ccccc2C6(C)C)oc2cc4c(cc23)C(C)(C)CCC4(C)C)cc1. The van der Waals surface area contributed by atoms with Crippen LogP contribution in [-0.4, -0.2) is 11.8 Å². The van der Waals surface area contributed by atoms with E-state index >= 15 is 0 Å². The predicted octanol–water partition coefficient (Wildman–Crippen LogP) is 16.4. The van der Waals surface area contributed by atoms with Gasteiger partial charge in [0.25, 0.3) is 0 Å². The molecule has 68 heavy (non-hydrogen) atoms. The summed E-state index contributed by atoms with van der Waals surface area (Å²) in [5, 5.41) is 11.5. The molecule has 4 heterocycles. The fourth-order valence-electron chi connectivity index (χ4n) is 12.6. The molecule has 1 radical (unpaired) electrons. The molecule has 5 heteroatoms. The van der Waals surface area contributed by atoms with Crippen LogP contribution in [0.2, 0.25) is 0 Å². The van der Waals surface area contributed by atoms with Crippen molar-refractivity contribution in [3.8, 4) is 27.9 Å². The summed E-state index contributed by atoms with van der Waals surface area (Å²) in [5.74, 6) is 0. The molecule has 0 spiro atoms. The van der Waals surface area contributed by atoms with Gasteiger partial charge < -0.3 is 14.3 Å². The molecule has 11 aromatic rings. The number of aromatic nitrogens is 1. The van der Waals surface area contributed by atoms with E-state index in [-0.39, 0.29) is 21.7 Å². The average molecular weight is 898 g/mol. The molecule has 1 N–H and O–H groups in total. The third-order valence-corrected chi connectivity index (χ3v) is 17.8. The van der Waals surface area contributed by atoms with Gasteiger partial charge in [-0.25, -0.2) is 0 Å². The van der Waals surface area contributed by atoms with Gasteiger partial charge in [0.1, 0.15) is 11.2 Å². The molecule has 0 saturated carbocycles. The van der Waals surface area contributed by atoms with E-state index in [4.69, 9.17) is 4.42 Å². The molecule has 0 amide bonds. The van der Waals surface area contributed by atoms with Gasteiger partial charge in [-0.2, -0.15) is 0 Å². The van der Waals surface area contributed by atoms with Crippen molar-refractivity contribution >= 4 is 105 Å². The van der Waals surface area contributed by atoms with Crippen LogP contribution in [0.5, 0.6) is 0 Å². The van der Waals surface area contributed by atoms with Crippen molar-refractivity contribution in [2.24, 2.45) is 0 Å². The lowest BCUT2D eigenvalue weighted by molar-refractivity contribution is 0.332. The van der Waals surface area contributed by atoms with Gasteiger partial charge in [0.15, 0.2) is 7.28 Å². The molecule has 3 aromatic heterocycles. The minimum atomic E-state index is -0.109. The Morgan fingerprint density at radius 3 is 2.06 bits per heavy atom. The van der Waals surface area contributed by atoms with E-state index in [0.717, 1.165) is 39.9 Å². The number of hydrogen-bond donors (Lipinski definition) is 1. The molecule has 0 bridgehead atoms. The third kappa shape index (κ3) is 5.54. The van der Waals surface area contributed by atoms with Crippen LogP contribution in [0.1, 0.15) is 103 Å². The van der Waals surface area contributed by atoms with Crippen molar-refractivity contribution < 1.29 is 4.42 Å². The van der Waals surface area contributed by atoms with Crippen LogP contribution in [0.3, 0.4) is 0 Å². The first-order chi connectivity index (χ1) is 32.5. The Kier molecular flexibility index (Phi) is 7.96. The zero-order valence-corrected chi connectivity index (χ0v) is 41.3. The Morgan fingerprint density at radius 1 is 0.559 bits per heavy atom. The van der Waals surface area contributed by atoms with Crippen LogP contribution in [0.15, 0.2) is 138 Å².